The molecule has 6 nitrogen and oxygen atoms in total. The zero-order valence-corrected chi connectivity index (χ0v) is 16.2. The van der Waals surface area contributed by atoms with Crippen LogP contribution in [0, 0.1) is 0 Å². The van der Waals surface area contributed by atoms with E-state index in [0.29, 0.717) is 11.1 Å². The SMILES string of the molecule is O=C(CCC(=O)OCc1ccc(OC(F)(F)F)cc1)OCc1ccc(OC(F)(F)F)cc1. The summed E-state index contributed by atoms with van der Waals surface area (Å²) in [6.07, 6.45) is -10.2. The Balaban J connectivity index is 1.67. The lowest BCUT2D eigenvalue weighted by Gasteiger charge is -2.10. The highest BCUT2D eigenvalue weighted by molar-refractivity contribution is 5.77. The monoisotopic (exact) mass is 466 g/mol. The van der Waals surface area contributed by atoms with Gasteiger partial charge in [0.25, 0.3) is 0 Å². The molecule has 2 rings (SSSR count). The summed E-state index contributed by atoms with van der Waals surface area (Å²) < 4.78 is 89.8. The molecule has 174 valence electrons. The highest BCUT2D eigenvalue weighted by Gasteiger charge is 2.31. The maximum absolute atomic E-state index is 12.1. The van der Waals surface area contributed by atoms with Crippen molar-refractivity contribution in [3.05, 3.63) is 59.7 Å². The molecule has 0 saturated carbocycles. The van der Waals surface area contributed by atoms with Crippen molar-refractivity contribution < 1.29 is 54.9 Å². The fraction of sp³-hybridized carbons (Fsp3) is 0.300. The standard InChI is InChI=1S/C20H16F6O6/c21-19(22,23)31-15-5-1-13(2-6-15)11-29-17(27)9-10-18(28)30-12-14-3-7-16(8-4-14)32-20(24,25)26/h1-8H,9-12H2. The largest absolute Gasteiger partial charge is 0.573 e. The van der Waals surface area contributed by atoms with Crippen molar-refractivity contribution in [2.75, 3.05) is 0 Å². The van der Waals surface area contributed by atoms with Gasteiger partial charge in [-0.15, -0.1) is 26.3 Å². The topological polar surface area (TPSA) is 71.1 Å². The minimum atomic E-state index is -4.81. The first-order valence-electron chi connectivity index (χ1n) is 8.90. The summed E-state index contributed by atoms with van der Waals surface area (Å²) in [5.74, 6) is -2.30. The number of alkyl halides is 6. The predicted molar refractivity (Wildman–Crippen MR) is 95.1 cm³/mol. The first-order chi connectivity index (χ1) is 14.9. The van der Waals surface area contributed by atoms with Crippen LogP contribution >= 0.6 is 0 Å². The molecule has 0 fully saturated rings. The molecule has 0 atom stereocenters. The van der Waals surface area contributed by atoms with Crippen LogP contribution in [0.15, 0.2) is 48.5 Å². The summed E-state index contributed by atoms with van der Waals surface area (Å²) >= 11 is 0. The van der Waals surface area contributed by atoms with E-state index in [4.69, 9.17) is 9.47 Å². The molecule has 0 aromatic heterocycles. The molecule has 0 unspecified atom stereocenters. The summed E-state index contributed by atoms with van der Waals surface area (Å²) in [6.45, 7) is -0.431. The van der Waals surface area contributed by atoms with Gasteiger partial charge >= 0.3 is 24.7 Å². The van der Waals surface area contributed by atoms with Gasteiger partial charge in [-0.05, 0) is 35.4 Å². The summed E-state index contributed by atoms with van der Waals surface area (Å²) in [4.78, 5) is 23.4. The highest BCUT2D eigenvalue weighted by atomic mass is 19.4. The Morgan fingerprint density at radius 2 is 0.906 bits per heavy atom. The highest BCUT2D eigenvalue weighted by Crippen LogP contribution is 2.24. The average molecular weight is 466 g/mol. The van der Waals surface area contributed by atoms with Crippen LogP contribution in [-0.4, -0.2) is 24.7 Å². The lowest BCUT2D eigenvalue weighted by atomic mass is 10.2. The second-order valence-corrected chi connectivity index (χ2v) is 6.20. The maximum atomic E-state index is 12.1. The summed E-state index contributed by atoms with van der Waals surface area (Å²) in [7, 11) is 0. The van der Waals surface area contributed by atoms with E-state index in [1.165, 1.54) is 24.3 Å². The van der Waals surface area contributed by atoms with Gasteiger partial charge in [0.2, 0.25) is 0 Å². The number of carbonyl (C=O) groups excluding carboxylic acids is 2. The fourth-order valence-electron chi connectivity index (χ4n) is 2.25. The molecule has 0 saturated heterocycles. The van der Waals surface area contributed by atoms with Gasteiger partial charge in [-0.1, -0.05) is 24.3 Å². The maximum Gasteiger partial charge on any atom is 0.573 e. The molecule has 0 N–H and O–H groups in total. The van der Waals surface area contributed by atoms with Crippen LogP contribution in [0.3, 0.4) is 0 Å². The van der Waals surface area contributed by atoms with E-state index in [1.54, 1.807) is 0 Å². The number of halogens is 6. The Morgan fingerprint density at radius 1 is 0.594 bits per heavy atom. The summed E-state index contributed by atoms with van der Waals surface area (Å²) in [6, 6.07) is 9.40. The van der Waals surface area contributed by atoms with Gasteiger partial charge < -0.3 is 18.9 Å². The number of rotatable bonds is 9. The van der Waals surface area contributed by atoms with Crippen molar-refractivity contribution in [1.29, 1.82) is 0 Å². The third kappa shape index (κ3) is 10.0. The third-order valence-corrected chi connectivity index (χ3v) is 3.65. The number of ether oxygens (including phenoxy) is 4. The third-order valence-electron chi connectivity index (χ3n) is 3.65. The van der Waals surface area contributed by atoms with Gasteiger partial charge in [0, 0.05) is 0 Å². The van der Waals surface area contributed by atoms with Crippen LogP contribution in [0.5, 0.6) is 11.5 Å². The average Bonchev–Trinajstić information content (AvgIpc) is 2.69. The number of benzene rings is 2. The predicted octanol–water partition coefficient (Wildman–Crippen LogP) is 5.05. The van der Waals surface area contributed by atoms with E-state index in [-0.39, 0.29) is 26.1 Å². The number of hydrogen-bond acceptors (Lipinski definition) is 6. The van der Waals surface area contributed by atoms with Gasteiger partial charge in [0.1, 0.15) is 24.7 Å². The van der Waals surface area contributed by atoms with Crippen LogP contribution in [0.2, 0.25) is 0 Å². The van der Waals surface area contributed by atoms with Crippen LogP contribution in [0.4, 0.5) is 26.3 Å². The van der Waals surface area contributed by atoms with Crippen molar-refractivity contribution in [2.24, 2.45) is 0 Å². The number of esters is 2. The Hall–Kier alpha value is -3.44. The molecule has 0 bridgehead atoms. The molecule has 0 spiro atoms. The van der Waals surface area contributed by atoms with Crippen molar-refractivity contribution in [3.63, 3.8) is 0 Å². The smallest absolute Gasteiger partial charge is 0.461 e. The second kappa shape index (κ2) is 10.7. The molecule has 2 aromatic rings. The summed E-state index contributed by atoms with van der Waals surface area (Å²) in [5, 5.41) is 0. The van der Waals surface area contributed by atoms with Crippen LogP contribution in [0.1, 0.15) is 24.0 Å². The Morgan fingerprint density at radius 3 is 1.19 bits per heavy atom. The Bertz CT molecular complexity index is 815. The van der Waals surface area contributed by atoms with Crippen LogP contribution in [-0.2, 0) is 32.3 Å². The molecule has 32 heavy (non-hydrogen) atoms. The lowest BCUT2D eigenvalue weighted by molar-refractivity contribution is -0.275. The molecule has 0 radical (unpaired) electrons. The van der Waals surface area contributed by atoms with Gasteiger partial charge in [0.15, 0.2) is 0 Å². The van der Waals surface area contributed by atoms with E-state index >= 15 is 0 Å². The van der Waals surface area contributed by atoms with Gasteiger partial charge in [-0.25, -0.2) is 0 Å². The van der Waals surface area contributed by atoms with E-state index in [0.717, 1.165) is 24.3 Å². The molecule has 12 heteroatoms. The Kier molecular flexibility index (Phi) is 8.33. The normalized spacial score (nSPS) is 11.6. The Labute approximate surface area is 177 Å². The molecule has 0 aliphatic carbocycles. The van der Waals surface area contributed by atoms with E-state index in [2.05, 4.69) is 9.47 Å². The van der Waals surface area contributed by atoms with Gasteiger partial charge in [-0.2, -0.15) is 0 Å². The first-order valence-corrected chi connectivity index (χ1v) is 8.90. The molecular weight excluding hydrogens is 450 g/mol. The molecular formula is C20H16F6O6. The molecule has 2 aromatic carbocycles. The van der Waals surface area contributed by atoms with Crippen molar-refractivity contribution in [3.8, 4) is 11.5 Å². The van der Waals surface area contributed by atoms with Crippen molar-refractivity contribution in [2.45, 2.75) is 38.8 Å². The zero-order valence-electron chi connectivity index (χ0n) is 16.2. The van der Waals surface area contributed by atoms with E-state index in [1.807, 2.05) is 0 Å². The molecule has 0 aliphatic heterocycles. The van der Waals surface area contributed by atoms with E-state index < -0.39 is 36.2 Å². The summed E-state index contributed by atoms with van der Waals surface area (Å²) in [5.41, 5.74) is 0.821. The second-order valence-electron chi connectivity index (χ2n) is 6.20. The molecule has 0 aliphatic rings. The number of hydrogen-bond donors (Lipinski definition) is 0. The molecule has 0 amide bonds. The minimum absolute atomic E-state index is 0.216. The first kappa shape index (κ1) is 24.8. The van der Waals surface area contributed by atoms with E-state index in [9.17, 15) is 35.9 Å². The molecule has 0 heterocycles. The van der Waals surface area contributed by atoms with Crippen molar-refractivity contribution >= 4 is 11.9 Å². The number of carbonyl (C=O) groups is 2. The zero-order chi connectivity index (χ0) is 23.8. The minimum Gasteiger partial charge on any atom is -0.461 e. The van der Waals surface area contributed by atoms with Crippen LogP contribution < -0.4 is 9.47 Å². The fourth-order valence-corrected chi connectivity index (χ4v) is 2.25. The van der Waals surface area contributed by atoms with Gasteiger partial charge in [-0.3, -0.25) is 9.59 Å². The van der Waals surface area contributed by atoms with Crippen LogP contribution in [0.25, 0.3) is 0 Å². The van der Waals surface area contributed by atoms with Gasteiger partial charge in [0.05, 0.1) is 12.8 Å². The quantitative estimate of drug-likeness (QED) is 0.381. The lowest BCUT2D eigenvalue weighted by Crippen LogP contribution is -2.17. The van der Waals surface area contributed by atoms with Crippen molar-refractivity contribution in [1.82, 2.24) is 0 Å².